The summed E-state index contributed by atoms with van der Waals surface area (Å²) in [6.07, 6.45) is 1.68. The van der Waals surface area contributed by atoms with E-state index in [0.717, 1.165) is 22.2 Å². The topological polar surface area (TPSA) is 27.1 Å². The molecule has 0 atom stereocenters. The third-order valence-corrected chi connectivity index (χ3v) is 4.83. The van der Waals surface area contributed by atoms with E-state index >= 15 is 0 Å². The molecule has 0 amide bonds. The van der Waals surface area contributed by atoms with Gasteiger partial charge in [-0.1, -0.05) is 18.2 Å². The van der Waals surface area contributed by atoms with Crippen molar-refractivity contribution in [1.82, 2.24) is 9.55 Å². The zero-order valence-electron chi connectivity index (χ0n) is 15.4. The zero-order chi connectivity index (χ0) is 19.0. The molecule has 2 aromatic carbocycles. The van der Waals surface area contributed by atoms with Crippen LogP contribution in [0.15, 0.2) is 60.8 Å². The number of rotatable bonds is 4. The Balaban J connectivity index is 0.00000225. The molecule has 0 saturated heterocycles. The van der Waals surface area contributed by atoms with Gasteiger partial charge < -0.3 is 9.30 Å². The second kappa shape index (κ2) is 7.98. The van der Waals surface area contributed by atoms with Crippen molar-refractivity contribution in [1.29, 1.82) is 0 Å². The average Bonchev–Trinajstić information content (AvgIpc) is 2.91. The van der Waals surface area contributed by atoms with Crippen molar-refractivity contribution in [3.05, 3.63) is 89.2 Å². The minimum atomic E-state index is -0.330. The summed E-state index contributed by atoms with van der Waals surface area (Å²) in [4.78, 5) is 4.37. The summed E-state index contributed by atoms with van der Waals surface area (Å²) in [7, 11) is 0. The summed E-state index contributed by atoms with van der Waals surface area (Å²) in [6, 6.07) is 14.4. The lowest BCUT2D eigenvalue weighted by Crippen LogP contribution is -2.05. The van der Waals surface area contributed by atoms with Gasteiger partial charge in [-0.2, -0.15) is 0 Å². The fourth-order valence-corrected chi connectivity index (χ4v) is 3.25. The van der Waals surface area contributed by atoms with Gasteiger partial charge in [0.1, 0.15) is 22.9 Å². The number of pyridine rings is 1. The molecule has 0 fully saturated rings. The highest BCUT2D eigenvalue weighted by Crippen LogP contribution is 2.34. The van der Waals surface area contributed by atoms with E-state index in [2.05, 4.69) is 4.98 Å². The van der Waals surface area contributed by atoms with Crippen LogP contribution >= 0.6 is 12.4 Å². The lowest BCUT2D eigenvalue weighted by molar-refractivity contribution is 0.464. The minimum Gasteiger partial charge on any atom is -0.437 e. The standard InChI is InChI=1S/C22H18F2N2O.ClH/c1-14-15(2)26(13-16-5-3-4-6-20(16)24)21-19(14)11-12-25-22(21)27-18-9-7-17(23)8-10-18;/h3-12H,13H2,1-2H3;1H. The molecule has 0 aliphatic rings. The van der Waals surface area contributed by atoms with Gasteiger partial charge in [0, 0.05) is 22.8 Å². The summed E-state index contributed by atoms with van der Waals surface area (Å²) in [5.74, 6) is 0.321. The summed E-state index contributed by atoms with van der Waals surface area (Å²) >= 11 is 0. The van der Waals surface area contributed by atoms with Gasteiger partial charge in [-0.3, -0.25) is 0 Å². The van der Waals surface area contributed by atoms with E-state index in [1.54, 1.807) is 30.5 Å². The SMILES string of the molecule is Cc1c(C)n(Cc2ccccc2F)c2c(Oc3ccc(F)cc3)nccc12.Cl. The molecule has 0 spiro atoms. The Morgan fingerprint density at radius 1 is 0.964 bits per heavy atom. The monoisotopic (exact) mass is 400 g/mol. The molecule has 144 valence electrons. The van der Waals surface area contributed by atoms with Gasteiger partial charge in [0.15, 0.2) is 0 Å². The molecular formula is C22H19ClF2N2O. The molecule has 0 bridgehead atoms. The Hall–Kier alpha value is -2.92. The van der Waals surface area contributed by atoms with Crippen LogP contribution in [0.1, 0.15) is 16.8 Å². The number of aromatic nitrogens is 2. The number of hydrogen-bond donors (Lipinski definition) is 0. The number of fused-ring (bicyclic) bond motifs is 1. The van der Waals surface area contributed by atoms with Crippen molar-refractivity contribution >= 4 is 23.3 Å². The number of halogens is 3. The van der Waals surface area contributed by atoms with Crippen molar-refractivity contribution < 1.29 is 13.5 Å². The van der Waals surface area contributed by atoms with E-state index in [4.69, 9.17) is 4.74 Å². The summed E-state index contributed by atoms with van der Waals surface area (Å²) < 4.78 is 35.3. The molecule has 2 aromatic heterocycles. The Morgan fingerprint density at radius 3 is 2.39 bits per heavy atom. The van der Waals surface area contributed by atoms with Crippen LogP contribution in [-0.2, 0) is 6.54 Å². The smallest absolute Gasteiger partial charge is 0.244 e. The van der Waals surface area contributed by atoms with Gasteiger partial charge in [0.25, 0.3) is 0 Å². The summed E-state index contributed by atoms with van der Waals surface area (Å²) in [6.45, 7) is 4.39. The third kappa shape index (κ3) is 3.58. The van der Waals surface area contributed by atoms with Crippen molar-refractivity contribution in [3.63, 3.8) is 0 Å². The van der Waals surface area contributed by atoms with Crippen LogP contribution in [0.4, 0.5) is 8.78 Å². The first-order chi connectivity index (χ1) is 13.0. The molecule has 4 rings (SSSR count). The molecule has 28 heavy (non-hydrogen) atoms. The quantitative estimate of drug-likeness (QED) is 0.408. The number of nitrogens with zero attached hydrogens (tertiary/aromatic N) is 2. The molecule has 6 heteroatoms. The van der Waals surface area contributed by atoms with E-state index in [-0.39, 0.29) is 24.0 Å². The van der Waals surface area contributed by atoms with Gasteiger partial charge in [-0.05, 0) is 55.8 Å². The Labute approximate surface area is 168 Å². The predicted molar refractivity (Wildman–Crippen MR) is 108 cm³/mol. The van der Waals surface area contributed by atoms with E-state index in [0.29, 0.717) is 23.7 Å². The first kappa shape index (κ1) is 19.8. The van der Waals surface area contributed by atoms with Crippen LogP contribution in [0.5, 0.6) is 11.6 Å². The van der Waals surface area contributed by atoms with E-state index < -0.39 is 0 Å². The Bertz CT molecular complexity index is 1120. The number of ether oxygens (including phenoxy) is 1. The van der Waals surface area contributed by atoms with Crippen molar-refractivity contribution in [3.8, 4) is 11.6 Å². The highest BCUT2D eigenvalue weighted by molar-refractivity contribution is 5.89. The lowest BCUT2D eigenvalue weighted by atomic mass is 10.2. The fourth-order valence-electron chi connectivity index (χ4n) is 3.25. The van der Waals surface area contributed by atoms with Crippen molar-refractivity contribution in [2.24, 2.45) is 0 Å². The van der Waals surface area contributed by atoms with Crippen molar-refractivity contribution in [2.45, 2.75) is 20.4 Å². The molecule has 0 aliphatic carbocycles. The maximum atomic E-state index is 14.2. The fraction of sp³-hybridized carbons (Fsp3) is 0.136. The first-order valence-corrected chi connectivity index (χ1v) is 8.66. The van der Waals surface area contributed by atoms with Gasteiger partial charge >= 0.3 is 0 Å². The van der Waals surface area contributed by atoms with Gasteiger partial charge in [-0.25, -0.2) is 13.8 Å². The van der Waals surface area contributed by atoms with Gasteiger partial charge in [-0.15, -0.1) is 12.4 Å². The van der Waals surface area contributed by atoms with Crippen LogP contribution in [-0.4, -0.2) is 9.55 Å². The second-order valence-corrected chi connectivity index (χ2v) is 6.46. The number of aryl methyl sites for hydroxylation is 1. The summed E-state index contributed by atoms with van der Waals surface area (Å²) in [5, 5.41) is 0.996. The van der Waals surface area contributed by atoms with E-state index in [1.807, 2.05) is 30.5 Å². The largest absolute Gasteiger partial charge is 0.437 e. The van der Waals surface area contributed by atoms with Gasteiger partial charge in [0.05, 0.1) is 6.54 Å². The highest BCUT2D eigenvalue weighted by Gasteiger charge is 2.18. The predicted octanol–water partition coefficient (Wildman–Crippen LogP) is 6.19. The first-order valence-electron chi connectivity index (χ1n) is 8.66. The molecular weight excluding hydrogens is 382 g/mol. The minimum absolute atomic E-state index is 0. The number of hydrogen-bond acceptors (Lipinski definition) is 2. The van der Waals surface area contributed by atoms with Crippen molar-refractivity contribution in [2.75, 3.05) is 0 Å². The second-order valence-electron chi connectivity index (χ2n) is 6.46. The molecule has 0 unspecified atom stereocenters. The average molecular weight is 401 g/mol. The zero-order valence-corrected chi connectivity index (χ0v) is 16.3. The number of benzene rings is 2. The lowest BCUT2D eigenvalue weighted by Gasteiger charge is -2.12. The van der Waals surface area contributed by atoms with E-state index in [1.165, 1.54) is 18.2 Å². The molecule has 0 aliphatic heterocycles. The Kier molecular flexibility index (Phi) is 5.66. The van der Waals surface area contributed by atoms with Crippen LogP contribution in [0.3, 0.4) is 0 Å². The van der Waals surface area contributed by atoms with Crippen LogP contribution < -0.4 is 4.74 Å². The summed E-state index contributed by atoms with van der Waals surface area (Å²) in [5.41, 5.74) is 3.49. The molecule has 0 N–H and O–H groups in total. The molecule has 4 aromatic rings. The van der Waals surface area contributed by atoms with E-state index in [9.17, 15) is 8.78 Å². The Morgan fingerprint density at radius 2 is 1.68 bits per heavy atom. The van der Waals surface area contributed by atoms with Crippen LogP contribution in [0, 0.1) is 25.5 Å². The molecule has 3 nitrogen and oxygen atoms in total. The third-order valence-electron chi connectivity index (χ3n) is 4.83. The maximum absolute atomic E-state index is 14.2. The molecule has 0 saturated carbocycles. The molecule has 2 heterocycles. The van der Waals surface area contributed by atoms with Crippen LogP contribution in [0.25, 0.3) is 10.9 Å². The van der Waals surface area contributed by atoms with Crippen LogP contribution in [0.2, 0.25) is 0 Å². The highest BCUT2D eigenvalue weighted by atomic mass is 35.5. The maximum Gasteiger partial charge on any atom is 0.244 e. The normalized spacial score (nSPS) is 10.7. The van der Waals surface area contributed by atoms with Gasteiger partial charge in [0.2, 0.25) is 5.88 Å². The molecule has 0 radical (unpaired) electrons.